The van der Waals surface area contributed by atoms with Gasteiger partial charge in [0.25, 0.3) is 0 Å². The Bertz CT molecular complexity index is 110. The van der Waals surface area contributed by atoms with Crippen molar-refractivity contribution >= 4 is 0 Å². The Morgan fingerprint density at radius 1 is 1.55 bits per heavy atom. The molecule has 1 atom stereocenters. The second-order valence-corrected chi connectivity index (χ2v) is 3.04. The van der Waals surface area contributed by atoms with Crippen LogP contribution in [0, 0.1) is 0 Å². The molecular weight excluding hydrogens is 136 g/mol. The lowest BCUT2D eigenvalue weighted by atomic mass is 10.1. The molecule has 2 heteroatoms. The van der Waals surface area contributed by atoms with E-state index in [1.54, 1.807) is 0 Å². The van der Waals surface area contributed by atoms with Crippen LogP contribution in [0.5, 0.6) is 0 Å². The van der Waals surface area contributed by atoms with Crippen molar-refractivity contribution in [2.24, 2.45) is 5.73 Å². The monoisotopic (exact) mass is 156 g/mol. The van der Waals surface area contributed by atoms with Crippen molar-refractivity contribution in [3.63, 3.8) is 0 Å². The lowest BCUT2D eigenvalue weighted by Crippen LogP contribution is -2.25. The summed E-state index contributed by atoms with van der Waals surface area (Å²) < 4.78 is 0. The van der Waals surface area contributed by atoms with E-state index in [2.05, 4.69) is 18.8 Å². The van der Waals surface area contributed by atoms with Gasteiger partial charge in [-0.25, -0.2) is 0 Å². The molecular formula is C9H20N2. The molecule has 0 rings (SSSR count). The van der Waals surface area contributed by atoms with E-state index in [4.69, 9.17) is 5.73 Å². The van der Waals surface area contributed by atoms with Gasteiger partial charge in [0.05, 0.1) is 0 Å². The van der Waals surface area contributed by atoms with Crippen molar-refractivity contribution in [2.45, 2.75) is 39.2 Å². The summed E-state index contributed by atoms with van der Waals surface area (Å²) in [6.45, 7) is 8.82. The molecule has 3 N–H and O–H groups in total. The van der Waals surface area contributed by atoms with E-state index < -0.39 is 0 Å². The average Bonchev–Trinajstić information content (AvgIpc) is 1.87. The fourth-order valence-corrected chi connectivity index (χ4v) is 0.986. The normalized spacial score (nSPS) is 12.6. The van der Waals surface area contributed by atoms with Crippen LogP contribution in [0.4, 0.5) is 0 Å². The molecule has 0 radical (unpaired) electrons. The second-order valence-electron chi connectivity index (χ2n) is 3.04. The third-order valence-corrected chi connectivity index (χ3v) is 1.60. The van der Waals surface area contributed by atoms with Crippen LogP contribution in [-0.2, 0) is 0 Å². The molecule has 0 saturated carbocycles. The fourth-order valence-electron chi connectivity index (χ4n) is 0.986. The summed E-state index contributed by atoms with van der Waals surface area (Å²) in [5.41, 5.74) is 6.82. The maximum atomic E-state index is 5.80. The van der Waals surface area contributed by atoms with Crippen LogP contribution in [0.15, 0.2) is 12.3 Å². The zero-order valence-corrected chi connectivity index (χ0v) is 7.69. The lowest BCUT2D eigenvalue weighted by Gasteiger charge is -2.10. The molecule has 0 amide bonds. The van der Waals surface area contributed by atoms with Gasteiger partial charge in [0, 0.05) is 18.3 Å². The predicted octanol–water partition coefficient (Wildman–Crippen LogP) is 1.63. The third-order valence-electron chi connectivity index (χ3n) is 1.60. The van der Waals surface area contributed by atoms with Gasteiger partial charge in [-0.1, -0.05) is 19.9 Å². The van der Waals surface area contributed by atoms with Crippen LogP contribution >= 0.6 is 0 Å². The van der Waals surface area contributed by atoms with Crippen LogP contribution in [0.3, 0.4) is 0 Å². The van der Waals surface area contributed by atoms with E-state index >= 15 is 0 Å². The first-order chi connectivity index (χ1) is 5.16. The molecule has 0 spiro atoms. The number of allylic oxidation sites excluding steroid dienone is 1. The standard InChI is InChI=1S/C9H20N2/c1-4-5-9(10)6-7-11-8(2)3/h9,11H,2,4-7,10H2,1,3H3. The molecule has 0 aliphatic carbocycles. The minimum atomic E-state index is 0.354. The van der Waals surface area contributed by atoms with E-state index in [-0.39, 0.29) is 0 Å². The molecule has 0 fully saturated rings. The molecule has 0 aliphatic rings. The number of nitrogens with two attached hydrogens (primary N) is 1. The first kappa shape index (κ1) is 10.5. The van der Waals surface area contributed by atoms with Gasteiger partial charge < -0.3 is 11.1 Å². The third kappa shape index (κ3) is 7.40. The molecule has 0 saturated heterocycles. The molecule has 0 aromatic carbocycles. The molecule has 66 valence electrons. The molecule has 0 heterocycles. The quantitative estimate of drug-likeness (QED) is 0.613. The zero-order valence-electron chi connectivity index (χ0n) is 7.69. The predicted molar refractivity (Wildman–Crippen MR) is 50.3 cm³/mol. The highest BCUT2D eigenvalue weighted by atomic mass is 14.9. The Morgan fingerprint density at radius 3 is 2.64 bits per heavy atom. The minimum absolute atomic E-state index is 0.354. The molecule has 1 unspecified atom stereocenters. The van der Waals surface area contributed by atoms with Crippen LogP contribution < -0.4 is 11.1 Å². The van der Waals surface area contributed by atoms with Crippen LogP contribution in [0.1, 0.15) is 33.1 Å². The Labute approximate surface area is 69.9 Å². The topological polar surface area (TPSA) is 38.0 Å². The van der Waals surface area contributed by atoms with E-state index in [1.165, 1.54) is 6.42 Å². The van der Waals surface area contributed by atoms with E-state index in [0.717, 1.165) is 25.1 Å². The SMILES string of the molecule is C=C(C)NCCC(N)CCC. The van der Waals surface area contributed by atoms with Gasteiger partial charge in [-0.15, -0.1) is 0 Å². The van der Waals surface area contributed by atoms with Crippen molar-refractivity contribution in [1.82, 2.24) is 5.32 Å². The summed E-state index contributed by atoms with van der Waals surface area (Å²) in [7, 11) is 0. The van der Waals surface area contributed by atoms with E-state index in [1.807, 2.05) is 6.92 Å². The van der Waals surface area contributed by atoms with E-state index in [9.17, 15) is 0 Å². The average molecular weight is 156 g/mol. The largest absolute Gasteiger partial charge is 0.389 e. The van der Waals surface area contributed by atoms with Gasteiger partial charge in [0.15, 0.2) is 0 Å². The van der Waals surface area contributed by atoms with Crippen LogP contribution in [0.2, 0.25) is 0 Å². The molecule has 11 heavy (non-hydrogen) atoms. The van der Waals surface area contributed by atoms with Gasteiger partial charge >= 0.3 is 0 Å². The summed E-state index contributed by atoms with van der Waals surface area (Å²) in [5.74, 6) is 0. The fraction of sp³-hybridized carbons (Fsp3) is 0.778. The zero-order chi connectivity index (χ0) is 8.69. The maximum Gasteiger partial charge on any atom is 0.0158 e. The van der Waals surface area contributed by atoms with Crippen molar-refractivity contribution in [2.75, 3.05) is 6.54 Å². The number of hydrogen-bond donors (Lipinski definition) is 2. The first-order valence-electron chi connectivity index (χ1n) is 4.31. The molecule has 0 aliphatic heterocycles. The summed E-state index contributed by atoms with van der Waals surface area (Å²) in [6, 6.07) is 0.354. The molecule has 0 aromatic heterocycles. The van der Waals surface area contributed by atoms with Gasteiger partial charge in [-0.2, -0.15) is 0 Å². The van der Waals surface area contributed by atoms with Crippen molar-refractivity contribution in [3.8, 4) is 0 Å². The molecule has 2 nitrogen and oxygen atoms in total. The van der Waals surface area contributed by atoms with E-state index in [0.29, 0.717) is 6.04 Å². The number of nitrogens with one attached hydrogen (secondary N) is 1. The van der Waals surface area contributed by atoms with Crippen molar-refractivity contribution < 1.29 is 0 Å². The lowest BCUT2D eigenvalue weighted by molar-refractivity contribution is 0.546. The van der Waals surface area contributed by atoms with Crippen molar-refractivity contribution in [1.29, 1.82) is 0 Å². The molecule has 0 bridgehead atoms. The number of hydrogen-bond acceptors (Lipinski definition) is 2. The Kier molecular flexibility index (Phi) is 5.94. The smallest absolute Gasteiger partial charge is 0.0158 e. The summed E-state index contributed by atoms with van der Waals surface area (Å²) in [4.78, 5) is 0. The summed E-state index contributed by atoms with van der Waals surface area (Å²) in [6.07, 6.45) is 3.34. The Hall–Kier alpha value is -0.500. The van der Waals surface area contributed by atoms with Gasteiger partial charge in [-0.05, 0) is 19.8 Å². The second kappa shape index (κ2) is 6.23. The van der Waals surface area contributed by atoms with Crippen molar-refractivity contribution in [3.05, 3.63) is 12.3 Å². The van der Waals surface area contributed by atoms with Gasteiger partial charge in [0.1, 0.15) is 0 Å². The van der Waals surface area contributed by atoms with Crippen LogP contribution in [0.25, 0.3) is 0 Å². The molecule has 0 aromatic rings. The minimum Gasteiger partial charge on any atom is -0.389 e. The highest BCUT2D eigenvalue weighted by Gasteiger charge is 1.98. The van der Waals surface area contributed by atoms with Gasteiger partial charge in [-0.3, -0.25) is 0 Å². The maximum absolute atomic E-state index is 5.80. The Morgan fingerprint density at radius 2 is 2.18 bits per heavy atom. The van der Waals surface area contributed by atoms with Crippen LogP contribution in [-0.4, -0.2) is 12.6 Å². The highest BCUT2D eigenvalue weighted by Crippen LogP contribution is 1.96. The number of rotatable bonds is 6. The Balaban J connectivity index is 3.16. The summed E-state index contributed by atoms with van der Waals surface area (Å²) in [5, 5.41) is 3.16. The van der Waals surface area contributed by atoms with Gasteiger partial charge in [0.2, 0.25) is 0 Å². The summed E-state index contributed by atoms with van der Waals surface area (Å²) >= 11 is 0. The highest BCUT2D eigenvalue weighted by molar-refractivity contribution is 4.84. The first-order valence-corrected chi connectivity index (χ1v) is 4.31.